The second-order valence-electron chi connectivity index (χ2n) is 2.60. The van der Waals surface area contributed by atoms with E-state index in [0.717, 1.165) is 11.3 Å². The van der Waals surface area contributed by atoms with Gasteiger partial charge in [-0.1, -0.05) is 6.58 Å². The smallest absolute Gasteiger partial charge is 0.101 e. The molecule has 2 nitrogen and oxygen atoms in total. The summed E-state index contributed by atoms with van der Waals surface area (Å²) in [6, 6.07) is 2.09. The Balaban J connectivity index is 3.05. The summed E-state index contributed by atoms with van der Waals surface area (Å²) in [6.45, 7) is 5.73. The van der Waals surface area contributed by atoms with Crippen LogP contribution in [0.15, 0.2) is 35.7 Å². The van der Waals surface area contributed by atoms with Crippen molar-refractivity contribution in [3.05, 3.63) is 35.7 Å². The van der Waals surface area contributed by atoms with Crippen LogP contribution in [0.1, 0.15) is 6.92 Å². The van der Waals surface area contributed by atoms with Crippen LogP contribution in [-0.4, -0.2) is 11.9 Å². The fourth-order valence-corrected chi connectivity index (χ4v) is 1.02. The van der Waals surface area contributed by atoms with E-state index in [1.165, 1.54) is 0 Å². The summed E-state index contributed by atoms with van der Waals surface area (Å²) in [5, 5.41) is 8.66. The summed E-state index contributed by atoms with van der Waals surface area (Å²) >= 11 is 0. The van der Waals surface area contributed by atoms with Gasteiger partial charge in [-0.2, -0.15) is 5.26 Å². The molecular weight excluding hydrogens is 136 g/mol. The van der Waals surface area contributed by atoms with Crippen molar-refractivity contribution in [3.63, 3.8) is 0 Å². The van der Waals surface area contributed by atoms with E-state index in [-0.39, 0.29) is 0 Å². The van der Waals surface area contributed by atoms with Gasteiger partial charge in [0.1, 0.15) is 6.07 Å². The average molecular weight is 146 g/mol. The Hall–Kier alpha value is -1.49. The normalized spacial score (nSPS) is 17.2. The van der Waals surface area contributed by atoms with Crippen LogP contribution in [0, 0.1) is 11.3 Å². The first-order chi connectivity index (χ1) is 5.15. The van der Waals surface area contributed by atoms with Gasteiger partial charge in [0, 0.05) is 13.2 Å². The van der Waals surface area contributed by atoms with Gasteiger partial charge < -0.3 is 4.90 Å². The van der Waals surface area contributed by atoms with Crippen molar-refractivity contribution in [1.29, 1.82) is 5.26 Å². The first-order valence-electron chi connectivity index (χ1n) is 3.37. The van der Waals surface area contributed by atoms with E-state index < -0.39 is 0 Å². The Bertz CT molecular complexity index is 289. The summed E-state index contributed by atoms with van der Waals surface area (Å²) in [6.07, 6.45) is 3.78. The Morgan fingerprint density at radius 3 is 2.82 bits per heavy atom. The van der Waals surface area contributed by atoms with Gasteiger partial charge in [-0.3, -0.25) is 0 Å². The second-order valence-corrected chi connectivity index (χ2v) is 2.60. The van der Waals surface area contributed by atoms with Gasteiger partial charge in [-0.25, -0.2) is 0 Å². The number of nitrogens with zero attached hydrogens (tertiary/aromatic N) is 2. The van der Waals surface area contributed by atoms with E-state index in [1.54, 1.807) is 0 Å². The van der Waals surface area contributed by atoms with Crippen molar-refractivity contribution >= 4 is 0 Å². The molecule has 0 saturated heterocycles. The molecule has 0 radical (unpaired) electrons. The van der Waals surface area contributed by atoms with Gasteiger partial charge in [0.25, 0.3) is 0 Å². The molecule has 0 atom stereocenters. The number of hydrogen-bond acceptors (Lipinski definition) is 2. The van der Waals surface area contributed by atoms with Crippen LogP contribution in [0.25, 0.3) is 0 Å². The van der Waals surface area contributed by atoms with Gasteiger partial charge in [-0.15, -0.1) is 0 Å². The van der Waals surface area contributed by atoms with Crippen molar-refractivity contribution < 1.29 is 0 Å². The van der Waals surface area contributed by atoms with E-state index in [9.17, 15) is 0 Å². The Morgan fingerprint density at radius 1 is 1.64 bits per heavy atom. The molecule has 1 heterocycles. The topological polar surface area (TPSA) is 27.0 Å². The predicted octanol–water partition coefficient (Wildman–Crippen LogP) is 1.80. The highest BCUT2D eigenvalue weighted by molar-refractivity contribution is 5.47. The number of allylic oxidation sites excluding steroid dienone is 3. The van der Waals surface area contributed by atoms with Crippen LogP contribution < -0.4 is 0 Å². The molecule has 11 heavy (non-hydrogen) atoms. The minimum Gasteiger partial charge on any atom is -0.350 e. The third kappa shape index (κ3) is 1.32. The minimum atomic E-state index is 0.646. The lowest BCUT2D eigenvalue weighted by molar-refractivity contribution is 0.575. The molecule has 0 saturated carbocycles. The van der Waals surface area contributed by atoms with E-state index in [1.807, 2.05) is 31.1 Å². The molecule has 0 spiro atoms. The van der Waals surface area contributed by atoms with Crippen LogP contribution in [0.4, 0.5) is 0 Å². The molecule has 0 amide bonds. The number of rotatable bonds is 0. The largest absolute Gasteiger partial charge is 0.350 e. The molecule has 0 fully saturated rings. The molecule has 0 N–H and O–H groups in total. The molecule has 0 unspecified atom stereocenters. The summed E-state index contributed by atoms with van der Waals surface area (Å²) < 4.78 is 0. The molecule has 0 aromatic heterocycles. The second kappa shape index (κ2) is 2.63. The highest BCUT2D eigenvalue weighted by Gasteiger charge is 2.09. The Labute approximate surface area is 66.7 Å². The Kier molecular flexibility index (Phi) is 1.82. The first-order valence-corrected chi connectivity index (χ1v) is 3.37. The summed E-state index contributed by atoms with van der Waals surface area (Å²) in [7, 11) is 1.89. The predicted molar refractivity (Wildman–Crippen MR) is 44.4 cm³/mol. The maximum absolute atomic E-state index is 8.66. The lowest BCUT2D eigenvalue weighted by Crippen LogP contribution is -2.14. The van der Waals surface area contributed by atoms with Crippen molar-refractivity contribution in [1.82, 2.24) is 4.90 Å². The van der Waals surface area contributed by atoms with Crippen LogP contribution >= 0.6 is 0 Å². The maximum Gasteiger partial charge on any atom is 0.101 e. The standard InChI is InChI=1S/C9H10N2/c1-7-4-9(5-10)8(2)11(3)6-7/h4,6H,2H2,1,3H3. The SMILES string of the molecule is C=C1C(C#N)=CC(C)=CN1C. The molecule has 1 aliphatic rings. The van der Waals surface area contributed by atoms with Crippen molar-refractivity contribution in [2.24, 2.45) is 0 Å². The van der Waals surface area contributed by atoms with Gasteiger partial charge in [-0.05, 0) is 18.6 Å². The average Bonchev–Trinajstić information content (AvgIpc) is 1.96. The fourth-order valence-electron chi connectivity index (χ4n) is 1.02. The quantitative estimate of drug-likeness (QED) is 0.521. The molecular formula is C9H10N2. The Morgan fingerprint density at radius 2 is 2.27 bits per heavy atom. The number of nitriles is 1. The molecule has 56 valence electrons. The highest BCUT2D eigenvalue weighted by Crippen LogP contribution is 2.19. The maximum atomic E-state index is 8.66. The van der Waals surface area contributed by atoms with Crippen molar-refractivity contribution in [2.45, 2.75) is 6.92 Å². The van der Waals surface area contributed by atoms with Crippen LogP contribution in [-0.2, 0) is 0 Å². The minimum absolute atomic E-state index is 0.646. The van der Waals surface area contributed by atoms with Crippen LogP contribution in [0.5, 0.6) is 0 Å². The first kappa shape index (κ1) is 7.62. The molecule has 0 bridgehead atoms. The molecule has 1 rings (SSSR count). The number of hydrogen-bond donors (Lipinski definition) is 0. The third-order valence-corrected chi connectivity index (χ3v) is 1.63. The van der Waals surface area contributed by atoms with Crippen LogP contribution in [0.2, 0.25) is 0 Å². The van der Waals surface area contributed by atoms with E-state index in [4.69, 9.17) is 5.26 Å². The van der Waals surface area contributed by atoms with E-state index >= 15 is 0 Å². The summed E-state index contributed by atoms with van der Waals surface area (Å²) in [5.74, 6) is 0. The van der Waals surface area contributed by atoms with Crippen molar-refractivity contribution in [2.75, 3.05) is 7.05 Å². The molecule has 0 aromatic carbocycles. The lowest BCUT2D eigenvalue weighted by atomic mass is 10.1. The molecule has 0 aliphatic carbocycles. The lowest BCUT2D eigenvalue weighted by Gasteiger charge is -2.21. The molecule has 2 heteroatoms. The zero-order valence-corrected chi connectivity index (χ0v) is 6.76. The fraction of sp³-hybridized carbons (Fsp3) is 0.222. The third-order valence-electron chi connectivity index (χ3n) is 1.63. The van der Waals surface area contributed by atoms with Gasteiger partial charge in [0.15, 0.2) is 0 Å². The van der Waals surface area contributed by atoms with Gasteiger partial charge >= 0.3 is 0 Å². The van der Waals surface area contributed by atoms with Gasteiger partial charge in [0.05, 0.1) is 11.3 Å². The van der Waals surface area contributed by atoms with Crippen LogP contribution in [0.3, 0.4) is 0 Å². The van der Waals surface area contributed by atoms with Gasteiger partial charge in [0.2, 0.25) is 0 Å². The monoisotopic (exact) mass is 146 g/mol. The van der Waals surface area contributed by atoms with E-state index in [2.05, 4.69) is 12.6 Å². The zero-order valence-electron chi connectivity index (χ0n) is 6.76. The molecule has 0 aromatic rings. The summed E-state index contributed by atoms with van der Waals surface area (Å²) in [4.78, 5) is 1.86. The highest BCUT2D eigenvalue weighted by atomic mass is 15.1. The number of likely N-dealkylation sites (N-methyl/N-ethyl adjacent to an activating group) is 1. The molecule has 1 aliphatic heterocycles. The summed E-state index contributed by atoms with van der Waals surface area (Å²) in [5.41, 5.74) is 2.49. The van der Waals surface area contributed by atoms with E-state index in [0.29, 0.717) is 5.57 Å². The zero-order chi connectivity index (χ0) is 8.43. The van der Waals surface area contributed by atoms with Crippen molar-refractivity contribution in [3.8, 4) is 6.07 Å².